The molecule has 1 saturated carbocycles. The van der Waals surface area contributed by atoms with Crippen molar-refractivity contribution in [2.75, 3.05) is 11.9 Å². The van der Waals surface area contributed by atoms with Crippen molar-refractivity contribution in [2.24, 2.45) is 18.4 Å². The van der Waals surface area contributed by atoms with E-state index in [0.717, 1.165) is 6.20 Å². The van der Waals surface area contributed by atoms with Gasteiger partial charge >= 0.3 is 6.18 Å². The van der Waals surface area contributed by atoms with Gasteiger partial charge in [-0.3, -0.25) is 9.59 Å². The normalized spacial score (nSPS) is 16.9. The molecule has 1 unspecified atom stereocenters. The third-order valence-corrected chi connectivity index (χ3v) is 7.50. The van der Waals surface area contributed by atoms with Crippen LogP contribution in [0.3, 0.4) is 0 Å². The number of hydrogen-bond acceptors (Lipinski definition) is 5. The predicted molar refractivity (Wildman–Crippen MR) is 147 cm³/mol. The molecular formula is C29H36F4N6O2. The van der Waals surface area contributed by atoms with E-state index in [1.807, 2.05) is 20.9 Å². The maximum Gasteiger partial charge on any atom is 0.406 e. The first kappa shape index (κ1) is 30.4. The molecule has 4 rings (SSSR count). The van der Waals surface area contributed by atoms with Gasteiger partial charge in [-0.2, -0.15) is 13.2 Å². The Balaban J connectivity index is 1.71. The van der Waals surface area contributed by atoms with Crippen molar-refractivity contribution >= 4 is 11.6 Å². The summed E-state index contributed by atoms with van der Waals surface area (Å²) in [6, 6.07) is 5.18. The molecule has 0 saturated heterocycles. The number of anilines is 1. The Morgan fingerprint density at radius 2 is 1.83 bits per heavy atom. The van der Waals surface area contributed by atoms with Crippen LogP contribution in [0.1, 0.15) is 80.8 Å². The zero-order valence-electron chi connectivity index (χ0n) is 24.1. The number of carbonyl (C=O) groups is 1. The van der Waals surface area contributed by atoms with Crippen molar-refractivity contribution in [1.29, 1.82) is 0 Å². The summed E-state index contributed by atoms with van der Waals surface area (Å²) in [5, 5.41) is 13.9. The average molecular weight is 577 g/mol. The van der Waals surface area contributed by atoms with Crippen LogP contribution in [0.5, 0.6) is 0 Å². The minimum absolute atomic E-state index is 0.00590. The van der Waals surface area contributed by atoms with Crippen LogP contribution in [0, 0.1) is 17.2 Å². The van der Waals surface area contributed by atoms with Gasteiger partial charge in [0, 0.05) is 19.3 Å². The SMILES string of the molecule is CC(C)CNC(C)c1cc(C(=O)Nc2cc(C3(c4nncn4C)CC(C)(C)C3)ccc2F)c(=O)n(CC(F)(F)F)c1. The Morgan fingerprint density at radius 1 is 1.15 bits per heavy atom. The number of carbonyl (C=O) groups excluding carboxylic acids is 1. The van der Waals surface area contributed by atoms with Gasteiger partial charge in [0.15, 0.2) is 0 Å². The van der Waals surface area contributed by atoms with Crippen LogP contribution in [-0.2, 0) is 19.0 Å². The number of rotatable bonds is 9. The minimum Gasteiger partial charge on any atom is -0.320 e. The van der Waals surface area contributed by atoms with Crippen LogP contribution >= 0.6 is 0 Å². The zero-order chi connectivity index (χ0) is 30.3. The Kier molecular flexibility index (Phi) is 8.19. The third kappa shape index (κ3) is 6.52. The molecule has 12 heteroatoms. The molecule has 2 heterocycles. The second kappa shape index (κ2) is 11.0. The van der Waals surface area contributed by atoms with Crippen LogP contribution in [0.2, 0.25) is 0 Å². The highest BCUT2D eigenvalue weighted by molar-refractivity contribution is 6.04. The Bertz CT molecular complexity index is 1480. The highest BCUT2D eigenvalue weighted by Gasteiger charge is 2.54. The van der Waals surface area contributed by atoms with E-state index in [4.69, 9.17) is 0 Å². The summed E-state index contributed by atoms with van der Waals surface area (Å²) in [5.41, 5.74) is -1.36. The Morgan fingerprint density at radius 3 is 2.39 bits per heavy atom. The lowest BCUT2D eigenvalue weighted by Gasteiger charge is -2.52. The molecule has 1 aliphatic carbocycles. The second-order valence-electron chi connectivity index (χ2n) is 12.3. The van der Waals surface area contributed by atoms with Crippen molar-refractivity contribution in [3.63, 3.8) is 0 Å². The number of hydrogen-bond donors (Lipinski definition) is 2. The number of alkyl halides is 3. The van der Waals surface area contributed by atoms with Crippen molar-refractivity contribution < 1.29 is 22.4 Å². The topological polar surface area (TPSA) is 93.8 Å². The standard InChI is InChI=1S/C29H36F4N6O2/c1-17(2)11-34-18(3)19-9-21(25(41)39(12-19)15-29(31,32)33)24(40)36-23-10-20(7-8-22(23)30)28(13-27(4,5)14-28)26-37-35-16-38(26)6/h7-10,12,16-18,34H,11,13-15H2,1-6H3,(H,36,40). The number of halogens is 4. The Labute approximate surface area is 236 Å². The third-order valence-electron chi connectivity index (χ3n) is 7.50. The molecule has 1 aliphatic rings. The Hall–Kier alpha value is -3.54. The first-order chi connectivity index (χ1) is 19.0. The van der Waals surface area contributed by atoms with Gasteiger partial charge in [0.2, 0.25) is 0 Å². The smallest absolute Gasteiger partial charge is 0.320 e. The lowest BCUT2D eigenvalue weighted by atomic mass is 9.51. The summed E-state index contributed by atoms with van der Waals surface area (Å²) in [6.07, 6.45) is -0.580. The number of aryl methyl sites for hydroxylation is 1. The fourth-order valence-electron chi connectivity index (χ4n) is 5.80. The van der Waals surface area contributed by atoms with E-state index in [2.05, 4.69) is 34.7 Å². The van der Waals surface area contributed by atoms with Crippen LogP contribution < -0.4 is 16.2 Å². The summed E-state index contributed by atoms with van der Waals surface area (Å²) >= 11 is 0. The number of pyridine rings is 1. The lowest BCUT2D eigenvalue weighted by molar-refractivity contribution is -0.141. The van der Waals surface area contributed by atoms with Gasteiger partial charge in [-0.05, 0) is 67.0 Å². The molecule has 0 bridgehead atoms. The molecule has 3 aromatic rings. The van der Waals surface area contributed by atoms with Crippen LogP contribution in [0.25, 0.3) is 0 Å². The lowest BCUT2D eigenvalue weighted by Crippen LogP contribution is -2.49. The molecule has 0 radical (unpaired) electrons. The van der Waals surface area contributed by atoms with Crippen molar-refractivity contribution in [3.8, 4) is 0 Å². The number of amides is 1. The van der Waals surface area contributed by atoms with Gasteiger partial charge in [0.1, 0.15) is 30.1 Å². The quantitative estimate of drug-likeness (QED) is 0.336. The molecule has 1 atom stereocenters. The molecule has 2 N–H and O–H groups in total. The van der Waals surface area contributed by atoms with E-state index >= 15 is 4.39 Å². The zero-order valence-corrected chi connectivity index (χ0v) is 24.1. The van der Waals surface area contributed by atoms with Gasteiger partial charge in [-0.1, -0.05) is 33.8 Å². The van der Waals surface area contributed by atoms with E-state index < -0.39 is 47.0 Å². The summed E-state index contributed by atoms with van der Waals surface area (Å²) in [7, 11) is 1.82. The summed E-state index contributed by atoms with van der Waals surface area (Å²) in [6.45, 7) is 8.93. The minimum atomic E-state index is -4.68. The first-order valence-electron chi connectivity index (χ1n) is 13.5. The van der Waals surface area contributed by atoms with Crippen LogP contribution in [0.4, 0.5) is 23.2 Å². The van der Waals surface area contributed by atoms with Crippen molar-refractivity contribution in [1.82, 2.24) is 24.6 Å². The molecule has 0 spiro atoms. The van der Waals surface area contributed by atoms with Crippen LogP contribution in [-0.4, -0.2) is 38.0 Å². The van der Waals surface area contributed by atoms with E-state index in [9.17, 15) is 22.8 Å². The first-order valence-corrected chi connectivity index (χ1v) is 13.5. The highest BCUT2D eigenvalue weighted by Crippen LogP contribution is 2.58. The highest BCUT2D eigenvalue weighted by atomic mass is 19.4. The van der Waals surface area contributed by atoms with E-state index in [1.165, 1.54) is 18.2 Å². The average Bonchev–Trinajstić information content (AvgIpc) is 3.28. The fourth-order valence-corrected chi connectivity index (χ4v) is 5.80. The summed E-state index contributed by atoms with van der Waals surface area (Å²) in [4.78, 5) is 26.4. The van der Waals surface area contributed by atoms with Gasteiger partial charge < -0.3 is 19.8 Å². The van der Waals surface area contributed by atoms with E-state index in [0.29, 0.717) is 40.9 Å². The second-order valence-corrected chi connectivity index (χ2v) is 12.3. The van der Waals surface area contributed by atoms with Gasteiger partial charge in [-0.25, -0.2) is 4.39 Å². The number of aromatic nitrogens is 4. The van der Waals surface area contributed by atoms with Crippen LogP contribution in [0.15, 0.2) is 41.6 Å². The monoisotopic (exact) mass is 576 g/mol. The largest absolute Gasteiger partial charge is 0.406 e. The van der Waals surface area contributed by atoms with Crippen molar-refractivity contribution in [2.45, 2.75) is 71.6 Å². The summed E-state index contributed by atoms with van der Waals surface area (Å²) < 4.78 is 57.2. The molecule has 1 fully saturated rings. The van der Waals surface area contributed by atoms with Gasteiger partial charge in [0.25, 0.3) is 11.5 Å². The molecule has 8 nitrogen and oxygen atoms in total. The number of nitrogens with one attached hydrogen (secondary N) is 2. The molecular weight excluding hydrogens is 540 g/mol. The molecule has 2 aromatic heterocycles. The number of benzene rings is 1. The molecule has 0 aliphatic heterocycles. The van der Waals surface area contributed by atoms with Gasteiger partial charge in [-0.15, -0.1) is 10.2 Å². The maximum atomic E-state index is 15.0. The van der Waals surface area contributed by atoms with Crippen molar-refractivity contribution in [3.05, 3.63) is 75.5 Å². The predicted octanol–water partition coefficient (Wildman–Crippen LogP) is 5.34. The van der Waals surface area contributed by atoms with Gasteiger partial charge in [0.05, 0.1) is 11.1 Å². The molecule has 1 amide bonds. The molecule has 222 valence electrons. The van der Waals surface area contributed by atoms with E-state index in [-0.39, 0.29) is 17.0 Å². The molecule has 41 heavy (non-hydrogen) atoms. The molecule has 1 aromatic carbocycles. The maximum absolute atomic E-state index is 15.0. The summed E-state index contributed by atoms with van der Waals surface area (Å²) in [5.74, 6) is -0.775. The number of nitrogens with zero attached hydrogens (tertiary/aromatic N) is 4. The van der Waals surface area contributed by atoms with E-state index in [1.54, 1.807) is 23.9 Å². The fraction of sp³-hybridized carbons (Fsp3) is 0.517.